The molecule has 1 saturated heterocycles. The van der Waals surface area contributed by atoms with Gasteiger partial charge in [-0.15, -0.1) is 0 Å². The van der Waals surface area contributed by atoms with Crippen molar-refractivity contribution in [3.8, 4) is 17.0 Å². The number of hydrogen-bond donors (Lipinski definition) is 0. The highest BCUT2D eigenvalue weighted by Crippen LogP contribution is 2.28. The van der Waals surface area contributed by atoms with Gasteiger partial charge in [-0.3, -0.25) is 4.90 Å². The fourth-order valence-electron chi connectivity index (χ4n) is 3.41. The molecule has 158 valence electrons. The lowest BCUT2D eigenvalue weighted by Crippen LogP contribution is -2.46. The van der Waals surface area contributed by atoms with E-state index in [0.717, 1.165) is 18.9 Å². The van der Waals surface area contributed by atoms with E-state index < -0.39 is 5.82 Å². The molecule has 1 aliphatic heterocycles. The normalized spacial score (nSPS) is 15.0. The van der Waals surface area contributed by atoms with E-state index in [1.54, 1.807) is 31.4 Å². The maximum absolute atomic E-state index is 15.2. The largest absolute Gasteiger partial charge is 0.497 e. The van der Waals surface area contributed by atoms with Crippen molar-refractivity contribution >= 4 is 5.82 Å². The number of nitrogens with zero attached hydrogens (tertiary/aromatic N) is 6. The molecule has 0 spiro atoms. The molecule has 0 unspecified atom stereocenters. The van der Waals surface area contributed by atoms with Crippen LogP contribution in [0.1, 0.15) is 31.5 Å². The van der Waals surface area contributed by atoms with Gasteiger partial charge in [0.25, 0.3) is 0 Å². The van der Waals surface area contributed by atoms with Crippen LogP contribution in [0.2, 0.25) is 0 Å². The number of aromatic nitrogens is 4. The summed E-state index contributed by atoms with van der Waals surface area (Å²) < 4.78 is 25.7. The summed E-state index contributed by atoms with van der Waals surface area (Å²) >= 11 is 0. The van der Waals surface area contributed by atoms with Crippen LogP contribution in [0.25, 0.3) is 11.3 Å². The predicted molar refractivity (Wildman–Crippen MR) is 110 cm³/mol. The highest BCUT2D eigenvalue weighted by molar-refractivity contribution is 5.64. The minimum Gasteiger partial charge on any atom is -0.497 e. The Labute approximate surface area is 174 Å². The number of hydrogen-bond acceptors (Lipinski definition) is 8. The topological polar surface area (TPSA) is 80.4 Å². The van der Waals surface area contributed by atoms with Crippen molar-refractivity contribution < 1.29 is 13.7 Å². The van der Waals surface area contributed by atoms with Gasteiger partial charge in [0.15, 0.2) is 17.5 Å². The summed E-state index contributed by atoms with van der Waals surface area (Å²) in [5, 5.41) is 4.01. The second-order valence-electron chi connectivity index (χ2n) is 7.55. The molecule has 8 nitrogen and oxygen atoms in total. The Kier molecular flexibility index (Phi) is 5.89. The molecule has 0 atom stereocenters. The van der Waals surface area contributed by atoms with E-state index in [1.807, 2.05) is 18.7 Å². The molecule has 3 heterocycles. The molecule has 9 heteroatoms. The molecule has 0 N–H and O–H groups in total. The molecule has 0 saturated carbocycles. The van der Waals surface area contributed by atoms with Crippen LogP contribution < -0.4 is 9.64 Å². The summed E-state index contributed by atoms with van der Waals surface area (Å²) in [5.41, 5.74) is 0.977. The Balaban J connectivity index is 1.43. The number of ether oxygens (including phenoxy) is 1. The van der Waals surface area contributed by atoms with Crippen molar-refractivity contribution in [1.29, 1.82) is 0 Å². The molecule has 3 aromatic rings. The standard InChI is InChI=1S/C21H25FN6O2/c1-14(2)20-25-17(30-26-20)12-27-8-10-28(11-9-27)21-18(22)19(23-13-24-21)15-4-6-16(29-3)7-5-15/h4-7,13-14H,8-12H2,1-3H3. The van der Waals surface area contributed by atoms with Crippen LogP contribution in [-0.4, -0.2) is 58.3 Å². The van der Waals surface area contributed by atoms with Crippen LogP contribution >= 0.6 is 0 Å². The molecule has 4 rings (SSSR count). The van der Waals surface area contributed by atoms with Crippen molar-refractivity contribution in [3.05, 3.63) is 48.1 Å². The Morgan fingerprint density at radius 3 is 2.47 bits per heavy atom. The van der Waals surface area contributed by atoms with Gasteiger partial charge in [-0.1, -0.05) is 19.0 Å². The Bertz CT molecular complexity index is 983. The molecule has 1 aromatic carbocycles. The third kappa shape index (κ3) is 4.25. The van der Waals surface area contributed by atoms with Crippen molar-refractivity contribution in [2.45, 2.75) is 26.3 Å². The molecule has 1 fully saturated rings. The molecular weight excluding hydrogens is 387 g/mol. The fourth-order valence-corrected chi connectivity index (χ4v) is 3.41. The first-order chi connectivity index (χ1) is 14.5. The molecule has 2 aromatic heterocycles. The van der Waals surface area contributed by atoms with E-state index in [2.05, 4.69) is 25.0 Å². The molecule has 1 aliphatic rings. The van der Waals surface area contributed by atoms with Gasteiger partial charge in [0.05, 0.1) is 13.7 Å². The lowest BCUT2D eigenvalue weighted by atomic mass is 10.1. The highest BCUT2D eigenvalue weighted by atomic mass is 19.1. The first kappa shape index (κ1) is 20.2. The number of benzene rings is 1. The third-order valence-corrected chi connectivity index (χ3v) is 5.17. The number of piperazine rings is 1. The first-order valence-corrected chi connectivity index (χ1v) is 10.00. The minimum atomic E-state index is -0.408. The van der Waals surface area contributed by atoms with Gasteiger partial charge >= 0.3 is 0 Å². The number of methoxy groups -OCH3 is 1. The van der Waals surface area contributed by atoms with Crippen LogP contribution in [0.15, 0.2) is 35.1 Å². The lowest BCUT2D eigenvalue weighted by molar-refractivity contribution is 0.214. The highest BCUT2D eigenvalue weighted by Gasteiger charge is 2.24. The van der Waals surface area contributed by atoms with Crippen molar-refractivity contribution in [1.82, 2.24) is 25.0 Å². The van der Waals surface area contributed by atoms with E-state index in [-0.39, 0.29) is 11.6 Å². The zero-order valence-electron chi connectivity index (χ0n) is 17.4. The van der Waals surface area contributed by atoms with Gasteiger partial charge in [-0.05, 0) is 24.3 Å². The van der Waals surface area contributed by atoms with Gasteiger partial charge in [-0.2, -0.15) is 4.98 Å². The zero-order chi connectivity index (χ0) is 21.1. The number of halogens is 1. The number of rotatable bonds is 6. The molecular formula is C21H25FN6O2. The molecule has 0 aliphatic carbocycles. The van der Waals surface area contributed by atoms with E-state index in [1.165, 1.54) is 6.33 Å². The second-order valence-corrected chi connectivity index (χ2v) is 7.55. The summed E-state index contributed by atoms with van der Waals surface area (Å²) in [6.07, 6.45) is 1.41. The van der Waals surface area contributed by atoms with E-state index in [4.69, 9.17) is 9.26 Å². The van der Waals surface area contributed by atoms with Crippen LogP contribution in [0.4, 0.5) is 10.2 Å². The summed E-state index contributed by atoms with van der Waals surface area (Å²) in [6, 6.07) is 7.17. The average Bonchev–Trinajstić information content (AvgIpc) is 3.24. The average molecular weight is 412 g/mol. The third-order valence-electron chi connectivity index (χ3n) is 5.17. The monoisotopic (exact) mass is 412 g/mol. The fraction of sp³-hybridized carbons (Fsp3) is 0.429. The first-order valence-electron chi connectivity index (χ1n) is 10.00. The van der Waals surface area contributed by atoms with Crippen LogP contribution in [0.3, 0.4) is 0 Å². The maximum atomic E-state index is 15.2. The number of anilines is 1. The van der Waals surface area contributed by atoms with Crippen molar-refractivity contribution in [2.75, 3.05) is 38.2 Å². The van der Waals surface area contributed by atoms with Crippen LogP contribution in [0, 0.1) is 5.82 Å². The quantitative estimate of drug-likeness (QED) is 0.611. The van der Waals surface area contributed by atoms with Gasteiger partial charge in [0, 0.05) is 37.7 Å². The van der Waals surface area contributed by atoms with Gasteiger partial charge in [0.2, 0.25) is 5.89 Å². The Morgan fingerprint density at radius 2 is 1.83 bits per heavy atom. The minimum absolute atomic E-state index is 0.236. The Morgan fingerprint density at radius 1 is 1.10 bits per heavy atom. The molecule has 0 radical (unpaired) electrons. The SMILES string of the molecule is COc1ccc(-c2ncnc(N3CCN(Cc4nc(C(C)C)no4)CC3)c2F)cc1. The van der Waals surface area contributed by atoms with Crippen LogP contribution in [-0.2, 0) is 6.54 Å². The molecule has 30 heavy (non-hydrogen) atoms. The van der Waals surface area contributed by atoms with Crippen molar-refractivity contribution in [2.24, 2.45) is 0 Å². The molecule has 0 amide bonds. The van der Waals surface area contributed by atoms with Crippen molar-refractivity contribution in [3.63, 3.8) is 0 Å². The summed E-state index contributed by atoms with van der Waals surface area (Å²) in [6.45, 7) is 7.47. The van der Waals surface area contributed by atoms with Gasteiger partial charge in [0.1, 0.15) is 17.8 Å². The summed E-state index contributed by atoms with van der Waals surface area (Å²) in [7, 11) is 1.60. The Hall–Kier alpha value is -3.07. The summed E-state index contributed by atoms with van der Waals surface area (Å²) in [4.78, 5) is 17.0. The van der Waals surface area contributed by atoms with E-state index in [9.17, 15) is 0 Å². The van der Waals surface area contributed by atoms with Gasteiger partial charge in [-0.25, -0.2) is 14.4 Å². The zero-order valence-corrected chi connectivity index (χ0v) is 17.4. The smallest absolute Gasteiger partial charge is 0.240 e. The lowest BCUT2D eigenvalue weighted by Gasteiger charge is -2.34. The van der Waals surface area contributed by atoms with E-state index in [0.29, 0.717) is 42.7 Å². The summed E-state index contributed by atoms with van der Waals surface area (Å²) in [5.74, 6) is 2.20. The van der Waals surface area contributed by atoms with E-state index >= 15 is 4.39 Å². The molecule has 0 bridgehead atoms. The van der Waals surface area contributed by atoms with Crippen LogP contribution in [0.5, 0.6) is 5.75 Å². The van der Waals surface area contributed by atoms with Gasteiger partial charge < -0.3 is 14.2 Å². The maximum Gasteiger partial charge on any atom is 0.240 e. The second kappa shape index (κ2) is 8.74. The predicted octanol–water partition coefficient (Wildman–Crippen LogP) is 3.12.